The van der Waals surface area contributed by atoms with Gasteiger partial charge in [-0.1, -0.05) is 61.8 Å². The number of nitrogens with zero attached hydrogens (tertiary/aromatic N) is 5. The molecule has 0 aliphatic carbocycles. The van der Waals surface area contributed by atoms with Crippen molar-refractivity contribution >= 4 is 47.4 Å². The lowest BCUT2D eigenvalue weighted by Crippen LogP contribution is -2.47. The average molecular weight is 674 g/mol. The van der Waals surface area contributed by atoms with E-state index in [1.54, 1.807) is 17.3 Å². The van der Waals surface area contributed by atoms with Gasteiger partial charge in [-0.05, 0) is 42.2 Å². The Kier molecular flexibility index (Phi) is 11.2. The predicted octanol–water partition coefficient (Wildman–Crippen LogP) is 6.08. The Morgan fingerprint density at radius 2 is 1.76 bits per heavy atom. The van der Waals surface area contributed by atoms with E-state index < -0.39 is 5.60 Å². The summed E-state index contributed by atoms with van der Waals surface area (Å²) in [7, 11) is 1.83. The number of aliphatic hydroxyl groups is 1. The van der Waals surface area contributed by atoms with Gasteiger partial charge in [0.1, 0.15) is 11.3 Å². The van der Waals surface area contributed by atoms with Crippen LogP contribution in [0.1, 0.15) is 37.8 Å². The molecule has 0 spiro atoms. The maximum atomic E-state index is 13.5. The van der Waals surface area contributed by atoms with Gasteiger partial charge in [0.15, 0.2) is 5.52 Å². The number of benzene rings is 2. The molecule has 0 radical (unpaired) electrons. The molecular weight excluding hydrogens is 635 g/mol. The molecule has 0 saturated carbocycles. The summed E-state index contributed by atoms with van der Waals surface area (Å²) in [4.78, 5) is 20.4. The van der Waals surface area contributed by atoms with E-state index in [0.29, 0.717) is 54.6 Å². The Morgan fingerprint density at radius 3 is 2.40 bits per heavy atom. The number of aryl methyl sites for hydroxylation is 1. The molecule has 4 heterocycles. The van der Waals surface area contributed by atoms with Crippen molar-refractivity contribution in [2.24, 2.45) is 7.05 Å². The number of piperidine rings is 1. The van der Waals surface area contributed by atoms with Crippen molar-refractivity contribution < 1.29 is 9.52 Å². The summed E-state index contributed by atoms with van der Waals surface area (Å²) in [6, 6.07) is 18.4. The maximum absolute atomic E-state index is 13.5. The highest BCUT2D eigenvalue weighted by Crippen LogP contribution is 2.30. The Bertz CT molecular complexity index is 1780. The molecule has 5 aromatic rings. The largest absolute Gasteiger partial charge is 0.464 e. The van der Waals surface area contributed by atoms with Gasteiger partial charge in [-0.15, -0.1) is 24.8 Å². The van der Waals surface area contributed by atoms with Crippen molar-refractivity contribution in [1.29, 1.82) is 0 Å². The van der Waals surface area contributed by atoms with Crippen LogP contribution in [0.4, 0.5) is 0 Å². The zero-order chi connectivity index (χ0) is 30.1. The predicted molar refractivity (Wildman–Crippen MR) is 183 cm³/mol. The average Bonchev–Trinajstić information content (AvgIpc) is 3.65. The van der Waals surface area contributed by atoms with Gasteiger partial charge in [-0.2, -0.15) is 5.10 Å². The molecule has 1 aliphatic heterocycles. The second kappa shape index (κ2) is 14.5. The minimum Gasteiger partial charge on any atom is -0.464 e. The number of aromatic nitrogens is 4. The Balaban J connectivity index is 0.00000230. The second-order valence-corrected chi connectivity index (χ2v) is 12.3. The molecule has 0 bridgehead atoms. The summed E-state index contributed by atoms with van der Waals surface area (Å²) in [5.41, 5.74) is 4.51. The maximum Gasteiger partial charge on any atom is 0.281 e. The zero-order valence-corrected chi connectivity index (χ0v) is 28.0. The van der Waals surface area contributed by atoms with Crippen molar-refractivity contribution in [3.05, 3.63) is 93.7 Å². The minimum absolute atomic E-state index is 0. The topological polar surface area (TPSA) is 101 Å². The first-order valence-corrected chi connectivity index (χ1v) is 15.1. The van der Waals surface area contributed by atoms with Crippen LogP contribution in [0.25, 0.3) is 33.6 Å². The molecule has 45 heavy (non-hydrogen) atoms. The minimum atomic E-state index is -1.01. The van der Waals surface area contributed by atoms with E-state index >= 15 is 0 Å². The van der Waals surface area contributed by atoms with E-state index in [9.17, 15) is 9.90 Å². The molecule has 2 N–H and O–H groups in total. The monoisotopic (exact) mass is 672 g/mol. The third-order valence-electron chi connectivity index (χ3n) is 8.26. The number of nitrogens with one attached hydrogen (secondary N) is 1. The number of rotatable bonds is 9. The molecule has 9 nitrogen and oxygen atoms in total. The fourth-order valence-electron chi connectivity index (χ4n) is 5.75. The molecule has 1 aliphatic rings. The van der Waals surface area contributed by atoms with Crippen molar-refractivity contribution in [1.82, 2.24) is 29.5 Å². The molecule has 0 unspecified atom stereocenters. The lowest BCUT2D eigenvalue weighted by molar-refractivity contribution is -0.0364. The number of halogens is 3. The van der Waals surface area contributed by atoms with Gasteiger partial charge in [0.25, 0.3) is 5.56 Å². The molecular formula is C33H39Cl3N6O3. The van der Waals surface area contributed by atoms with E-state index in [-0.39, 0.29) is 36.9 Å². The Hall–Kier alpha value is -3.18. The summed E-state index contributed by atoms with van der Waals surface area (Å²) in [6.07, 6.45) is 4.26. The fraction of sp³-hybridized carbons (Fsp3) is 0.364. The van der Waals surface area contributed by atoms with Gasteiger partial charge < -0.3 is 14.8 Å². The summed E-state index contributed by atoms with van der Waals surface area (Å²) < 4.78 is 8.69. The molecule has 1 fully saturated rings. The van der Waals surface area contributed by atoms with E-state index in [2.05, 4.69) is 46.3 Å². The van der Waals surface area contributed by atoms with Crippen molar-refractivity contribution in [3.63, 3.8) is 0 Å². The highest BCUT2D eigenvalue weighted by molar-refractivity contribution is 6.31. The van der Waals surface area contributed by atoms with Gasteiger partial charge >= 0.3 is 0 Å². The lowest BCUT2D eigenvalue weighted by Gasteiger charge is -2.38. The van der Waals surface area contributed by atoms with Gasteiger partial charge in [-0.3, -0.25) is 18.9 Å². The van der Waals surface area contributed by atoms with E-state index in [1.165, 1.54) is 10.1 Å². The third kappa shape index (κ3) is 7.62. The summed E-state index contributed by atoms with van der Waals surface area (Å²) in [5, 5.41) is 20.1. The quantitative estimate of drug-likeness (QED) is 0.196. The van der Waals surface area contributed by atoms with Crippen molar-refractivity contribution in [3.8, 4) is 22.6 Å². The molecule has 240 valence electrons. The molecule has 2 aromatic carbocycles. The first kappa shape index (κ1) is 34.7. The van der Waals surface area contributed by atoms with Crippen LogP contribution >= 0.6 is 36.4 Å². The smallest absolute Gasteiger partial charge is 0.281 e. The highest BCUT2D eigenvalue weighted by Gasteiger charge is 2.33. The first-order valence-electron chi connectivity index (χ1n) is 14.7. The van der Waals surface area contributed by atoms with Crippen LogP contribution in [0.5, 0.6) is 0 Å². The first-order chi connectivity index (χ1) is 20.7. The van der Waals surface area contributed by atoms with Crippen LogP contribution in [0.3, 0.4) is 0 Å². The number of hydrogen-bond acceptors (Lipinski definition) is 7. The molecule has 12 heteroatoms. The summed E-state index contributed by atoms with van der Waals surface area (Å²) >= 11 is 6.60. The normalized spacial score (nSPS) is 14.8. The molecule has 6 rings (SSSR count). The number of furan rings is 1. The number of fused-ring (bicyclic) bond motifs is 1. The molecule has 0 amide bonds. The van der Waals surface area contributed by atoms with E-state index in [1.807, 2.05) is 49.5 Å². The summed E-state index contributed by atoms with van der Waals surface area (Å²) in [5.74, 6) is 0.783. The fourth-order valence-corrected chi connectivity index (χ4v) is 5.99. The number of hydrogen-bond donors (Lipinski definition) is 2. The Morgan fingerprint density at radius 1 is 1.04 bits per heavy atom. The van der Waals surface area contributed by atoms with Gasteiger partial charge in [0.05, 0.1) is 30.4 Å². The van der Waals surface area contributed by atoms with Gasteiger partial charge in [0.2, 0.25) is 0 Å². The van der Waals surface area contributed by atoms with E-state index in [4.69, 9.17) is 16.0 Å². The third-order valence-corrected chi connectivity index (χ3v) is 8.61. The molecule has 3 aromatic heterocycles. The Labute approximate surface area is 280 Å². The van der Waals surface area contributed by atoms with Crippen LogP contribution in [0.15, 0.2) is 76.4 Å². The lowest BCUT2D eigenvalue weighted by atomic mass is 9.91. The van der Waals surface area contributed by atoms with Crippen molar-refractivity contribution in [2.45, 2.75) is 58.0 Å². The summed E-state index contributed by atoms with van der Waals surface area (Å²) in [6.45, 7) is 7.27. The standard InChI is InChI=1S/C33H37ClN6O3.2ClH/c1-22(2)35-18-23-6-8-24(9-7-23)31-29-30(37-38(31)3)32(41)40(21-36-29)20-33(42)12-14-39(15-13-33)19-26-11-10-25(17-27(26)34)28-5-4-16-43-28;;/h4-11,16-17,21-22,35,42H,12-15,18-20H2,1-3H3;2*1H. The van der Waals surface area contributed by atoms with Crippen molar-refractivity contribution in [2.75, 3.05) is 13.1 Å². The van der Waals surface area contributed by atoms with E-state index in [0.717, 1.165) is 34.7 Å². The van der Waals surface area contributed by atoms with Crippen LogP contribution in [-0.4, -0.2) is 54.1 Å². The van der Waals surface area contributed by atoms with Gasteiger partial charge in [0, 0.05) is 55.4 Å². The number of likely N-dealkylation sites (tertiary alicyclic amines) is 1. The molecule has 0 atom stereocenters. The second-order valence-electron chi connectivity index (χ2n) is 11.9. The van der Waals surface area contributed by atoms with Crippen LogP contribution in [-0.2, 0) is 26.7 Å². The van der Waals surface area contributed by atoms with Gasteiger partial charge in [-0.25, -0.2) is 4.98 Å². The highest BCUT2D eigenvalue weighted by atomic mass is 35.5. The zero-order valence-electron chi connectivity index (χ0n) is 25.6. The van der Waals surface area contributed by atoms with Crippen LogP contribution in [0.2, 0.25) is 5.02 Å². The SMILES string of the molecule is CC(C)NCc1ccc(-c2c3ncn(CC4(O)CCN(Cc5ccc(-c6ccco6)cc5Cl)CC4)c(=O)c3nn2C)cc1.Cl.Cl. The van der Waals surface area contributed by atoms with Crippen LogP contribution < -0.4 is 10.9 Å². The van der Waals surface area contributed by atoms with Crippen LogP contribution in [0, 0.1) is 0 Å². The molecule has 1 saturated heterocycles.